The Kier molecular flexibility index (Phi) is 7.64. The van der Waals surface area contributed by atoms with E-state index < -0.39 is 12.0 Å². The van der Waals surface area contributed by atoms with Crippen molar-refractivity contribution in [1.29, 1.82) is 0 Å². The van der Waals surface area contributed by atoms with Crippen LogP contribution in [0.2, 0.25) is 0 Å². The van der Waals surface area contributed by atoms with Crippen LogP contribution in [0, 0.1) is 5.92 Å². The van der Waals surface area contributed by atoms with Gasteiger partial charge in [0.1, 0.15) is 4.53 Å². The molecule has 7 nitrogen and oxygen atoms in total. The molecule has 1 amide bonds. The van der Waals surface area contributed by atoms with E-state index in [9.17, 15) is 14.4 Å². The number of nitrogens with zero attached hydrogens (tertiary/aromatic N) is 3. The van der Waals surface area contributed by atoms with Crippen LogP contribution in [-0.2, 0) is 14.3 Å². The number of anilines is 1. The zero-order valence-electron chi connectivity index (χ0n) is 22.7. The summed E-state index contributed by atoms with van der Waals surface area (Å²) in [5.74, 6) is -0.508. The Morgan fingerprint density at radius 2 is 1.85 bits per heavy atom. The minimum atomic E-state index is -0.718. The largest absolute Gasteiger partial charge is 0.462 e. The number of hydrogen-bond donors (Lipinski definition) is 0. The number of thioether (sulfide) groups is 1. The van der Waals surface area contributed by atoms with E-state index in [2.05, 4.69) is 0 Å². The maximum Gasteiger partial charge on any atom is 0.338 e. The van der Waals surface area contributed by atoms with Crippen LogP contribution in [0.15, 0.2) is 74.5 Å². The summed E-state index contributed by atoms with van der Waals surface area (Å²) in [5.41, 5.74) is 3.23. The zero-order valence-corrected chi connectivity index (χ0v) is 24.3. The summed E-state index contributed by atoms with van der Waals surface area (Å²) in [5, 5.41) is 0. The number of esters is 1. The van der Waals surface area contributed by atoms with Crippen molar-refractivity contribution in [3.8, 4) is 0 Å². The average Bonchev–Trinajstić information content (AvgIpc) is 3.39. The molecule has 0 N–H and O–H groups in total. The van der Waals surface area contributed by atoms with E-state index in [0.717, 1.165) is 28.1 Å². The molecule has 0 fully saturated rings. The lowest BCUT2D eigenvalue weighted by Crippen LogP contribution is -2.41. The molecular formula is C30H31N3O4S2. The van der Waals surface area contributed by atoms with Crippen molar-refractivity contribution in [3.05, 3.63) is 90.6 Å². The summed E-state index contributed by atoms with van der Waals surface area (Å²) in [7, 11) is 0. The highest BCUT2D eigenvalue weighted by Crippen LogP contribution is 2.36. The summed E-state index contributed by atoms with van der Waals surface area (Å²) in [6.45, 7) is 8.57. The van der Waals surface area contributed by atoms with Crippen molar-refractivity contribution in [2.24, 2.45) is 10.9 Å². The lowest BCUT2D eigenvalue weighted by molar-refractivity contribution is -0.140. The van der Waals surface area contributed by atoms with E-state index in [4.69, 9.17) is 9.73 Å². The van der Waals surface area contributed by atoms with Gasteiger partial charge in [-0.3, -0.25) is 14.2 Å². The van der Waals surface area contributed by atoms with Crippen LogP contribution in [-0.4, -0.2) is 35.9 Å². The molecule has 1 unspecified atom stereocenters. The predicted molar refractivity (Wildman–Crippen MR) is 156 cm³/mol. The van der Waals surface area contributed by atoms with Gasteiger partial charge < -0.3 is 9.64 Å². The maximum absolute atomic E-state index is 14.2. The minimum absolute atomic E-state index is 0.164. The number of amides is 1. The van der Waals surface area contributed by atoms with Crippen LogP contribution in [0.25, 0.3) is 5.57 Å². The van der Waals surface area contributed by atoms with Gasteiger partial charge in [0.05, 0.1) is 35.2 Å². The van der Waals surface area contributed by atoms with Crippen molar-refractivity contribution in [1.82, 2.24) is 4.57 Å². The van der Waals surface area contributed by atoms with Crippen molar-refractivity contribution in [2.75, 3.05) is 24.3 Å². The minimum Gasteiger partial charge on any atom is -0.462 e. The molecular weight excluding hydrogens is 530 g/mol. The quantitative estimate of drug-likeness (QED) is 0.318. The average molecular weight is 562 g/mol. The third kappa shape index (κ3) is 4.78. The van der Waals surface area contributed by atoms with E-state index in [1.165, 1.54) is 11.3 Å². The molecule has 0 spiro atoms. The Morgan fingerprint density at radius 1 is 1.13 bits per heavy atom. The van der Waals surface area contributed by atoms with Gasteiger partial charge in [0.15, 0.2) is 4.80 Å². The summed E-state index contributed by atoms with van der Waals surface area (Å²) in [4.78, 5) is 49.2. The molecule has 5 rings (SSSR count). The summed E-state index contributed by atoms with van der Waals surface area (Å²) >= 11 is 2.81. The first-order chi connectivity index (χ1) is 18.8. The van der Waals surface area contributed by atoms with Crippen LogP contribution >= 0.6 is 23.1 Å². The molecule has 2 aliphatic heterocycles. The number of fused-ring (bicyclic) bond motifs is 2. The highest BCUT2D eigenvalue weighted by Gasteiger charge is 2.37. The highest BCUT2D eigenvalue weighted by atomic mass is 32.2. The second-order valence-electron chi connectivity index (χ2n) is 10.0. The predicted octanol–water partition coefficient (Wildman–Crippen LogP) is 4.28. The Morgan fingerprint density at radius 3 is 2.51 bits per heavy atom. The highest BCUT2D eigenvalue weighted by molar-refractivity contribution is 7.98. The van der Waals surface area contributed by atoms with E-state index >= 15 is 0 Å². The molecule has 0 saturated carbocycles. The van der Waals surface area contributed by atoms with Crippen LogP contribution in [0.4, 0.5) is 5.69 Å². The fourth-order valence-electron chi connectivity index (χ4n) is 5.00. The monoisotopic (exact) mass is 561 g/mol. The van der Waals surface area contributed by atoms with Gasteiger partial charge in [-0.05, 0) is 49.3 Å². The second-order valence-corrected chi connectivity index (χ2v) is 11.9. The maximum atomic E-state index is 14.2. The third-order valence-corrected chi connectivity index (χ3v) is 8.59. The van der Waals surface area contributed by atoms with Gasteiger partial charge in [-0.1, -0.05) is 62.4 Å². The molecule has 3 heterocycles. The Labute approximate surface area is 235 Å². The van der Waals surface area contributed by atoms with Crippen molar-refractivity contribution in [3.63, 3.8) is 0 Å². The molecule has 1 aromatic heterocycles. The number of carbonyl (C=O) groups excluding carboxylic acids is 2. The van der Waals surface area contributed by atoms with E-state index in [0.29, 0.717) is 32.7 Å². The number of thiazole rings is 1. The molecule has 0 saturated heterocycles. The lowest BCUT2D eigenvalue weighted by Gasteiger charge is -2.25. The summed E-state index contributed by atoms with van der Waals surface area (Å²) in [6.07, 6.45) is 2.79. The topological polar surface area (TPSA) is 81.0 Å². The third-order valence-electron chi connectivity index (χ3n) is 6.79. The first-order valence-corrected chi connectivity index (χ1v) is 15.1. The van der Waals surface area contributed by atoms with Gasteiger partial charge in [0, 0.05) is 17.0 Å². The fourth-order valence-corrected chi connectivity index (χ4v) is 6.54. The van der Waals surface area contributed by atoms with Gasteiger partial charge in [-0.15, -0.1) is 11.8 Å². The van der Waals surface area contributed by atoms with Crippen molar-refractivity contribution < 1.29 is 14.3 Å². The van der Waals surface area contributed by atoms with Gasteiger partial charge in [0.25, 0.3) is 11.5 Å². The van der Waals surface area contributed by atoms with Gasteiger partial charge in [0.2, 0.25) is 0 Å². The Bertz CT molecular complexity index is 1670. The molecule has 9 heteroatoms. The van der Waals surface area contributed by atoms with Gasteiger partial charge in [-0.2, -0.15) is 0 Å². The molecule has 0 aliphatic carbocycles. The number of rotatable bonds is 7. The van der Waals surface area contributed by atoms with Gasteiger partial charge >= 0.3 is 5.97 Å². The first kappa shape index (κ1) is 27.1. The van der Waals surface area contributed by atoms with Crippen LogP contribution in [0.3, 0.4) is 0 Å². The molecule has 1 atom stereocenters. The molecule has 202 valence electrons. The van der Waals surface area contributed by atoms with Crippen molar-refractivity contribution in [2.45, 2.75) is 45.1 Å². The molecule has 3 aromatic rings. The van der Waals surface area contributed by atoms with E-state index in [1.54, 1.807) is 28.2 Å². The Hall–Kier alpha value is -3.43. The SMILES string of the molecule is CCCN1C(=O)C(=c2sc3n(c2=O)C(c2ccc(SC)cc2)C(C(=O)OCC(C)C)=C(C)N=3)c2ccccc21. The van der Waals surface area contributed by atoms with Gasteiger partial charge in [-0.25, -0.2) is 9.79 Å². The zero-order chi connectivity index (χ0) is 27.8. The van der Waals surface area contributed by atoms with E-state index in [-0.39, 0.29) is 24.0 Å². The number of ether oxygens (including phenoxy) is 1. The molecule has 0 bridgehead atoms. The van der Waals surface area contributed by atoms with Crippen LogP contribution in [0.5, 0.6) is 0 Å². The van der Waals surface area contributed by atoms with Crippen LogP contribution in [0.1, 0.15) is 51.3 Å². The molecule has 39 heavy (non-hydrogen) atoms. The summed E-state index contributed by atoms with van der Waals surface area (Å²) < 4.78 is 7.52. The van der Waals surface area contributed by atoms with E-state index in [1.807, 2.05) is 75.6 Å². The number of para-hydroxylation sites is 1. The smallest absolute Gasteiger partial charge is 0.338 e. The summed E-state index contributed by atoms with van der Waals surface area (Å²) in [6, 6.07) is 14.7. The number of allylic oxidation sites excluding steroid dienone is 1. The van der Waals surface area contributed by atoms with Crippen molar-refractivity contribution >= 4 is 46.2 Å². The number of benzene rings is 2. The number of aromatic nitrogens is 1. The first-order valence-electron chi connectivity index (χ1n) is 13.0. The normalized spacial score (nSPS) is 17.8. The van der Waals surface area contributed by atoms with Crippen LogP contribution < -0.4 is 19.8 Å². The number of hydrogen-bond acceptors (Lipinski definition) is 7. The molecule has 2 aromatic carbocycles. The standard InChI is InChI=1S/C30H31N3O4S2/c1-6-15-32-22-10-8-7-9-21(22)24(27(32)34)26-28(35)33-25(19-11-13-20(38-5)14-12-19)23(18(4)31-30(33)39-26)29(36)37-16-17(2)3/h7-14,17,25H,6,15-16H2,1-5H3. The lowest BCUT2D eigenvalue weighted by atomic mass is 9.96. The Balaban J connectivity index is 1.75. The molecule has 2 aliphatic rings. The number of carbonyl (C=O) groups is 2. The fraction of sp³-hybridized carbons (Fsp3) is 0.333. The second kappa shape index (κ2) is 11.0. The molecule has 0 radical (unpaired) electrons.